The van der Waals surface area contributed by atoms with Crippen molar-refractivity contribution in [2.75, 3.05) is 19.0 Å². The number of carbonyl (C=O) groups is 1. The highest BCUT2D eigenvalue weighted by Gasteiger charge is 2.28. The van der Waals surface area contributed by atoms with E-state index in [1.807, 2.05) is 36.5 Å². The van der Waals surface area contributed by atoms with Crippen LogP contribution in [0, 0.1) is 12.3 Å². The number of para-hydroxylation sites is 1. The van der Waals surface area contributed by atoms with Gasteiger partial charge in [0.25, 0.3) is 0 Å². The average Bonchev–Trinajstić information content (AvgIpc) is 3.18. The molecule has 0 fully saturated rings. The molecule has 0 aliphatic carbocycles. The summed E-state index contributed by atoms with van der Waals surface area (Å²) in [6.07, 6.45) is 3.00. The van der Waals surface area contributed by atoms with Gasteiger partial charge in [0.15, 0.2) is 18.1 Å². The second-order valence-electron chi connectivity index (χ2n) is 11.4. The van der Waals surface area contributed by atoms with Gasteiger partial charge >= 0.3 is 5.97 Å². The lowest BCUT2D eigenvalue weighted by molar-refractivity contribution is -0.136. The first-order valence-electron chi connectivity index (χ1n) is 12.8. The van der Waals surface area contributed by atoms with Gasteiger partial charge in [0.1, 0.15) is 22.9 Å². The third-order valence-corrected chi connectivity index (χ3v) is 5.97. The van der Waals surface area contributed by atoms with Crippen LogP contribution in [0.25, 0.3) is 16.9 Å². The molecule has 7 nitrogen and oxygen atoms in total. The minimum Gasteiger partial charge on any atom is -0.493 e. The normalized spacial score (nSPS) is 11.9. The number of methoxy groups -OCH3 is 1. The first-order chi connectivity index (χ1) is 17.9. The van der Waals surface area contributed by atoms with Crippen LogP contribution in [0.2, 0.25) is 0 Å². The molecule has 2 aromatic heterocycles. The van der Waals surface area contributed by atoms with Gasteiger partial charge < -0.3 is 19.5 Å². The summed E-state index contributed by atoms with van der Waals surface area (Å²) >= 11 is 0. The lowest BCUT2D eigenvalue weighted by atomic mass is 9.82. The maximum atomic E-state index is 12.5. The molecule has 0 atom stereocenters. The van der Waals surface area contributed by atoms with Gasteiger partial charge in [-0.2, -0.15) is 0 Å². The van der Waals surface area contributed by atoms with E-state index in [4.69, 9.17) is 19.2 Å². The predicted molar refractivity (Wildman–Crippen MR) is 151 cm³/mol. The fourth-order valence-corrected chi connectivity index (χ4v) is 4.87. The van der Waals surface area contributed by atoms with E-state index in [0.717, 1.165) is 34.7 Å². The Kier molecular flexibility index (Phi) is 7.67. The predicted octanol–water partition coefficient (Wildman–Crippen LogP) is 6.93. The van der Waals surface area contributed by atoms with Crippen molar-refractivity contribution in [2.45, 2.75) is 53.5 Å². The standard InChI is InChI=1S/C31H37N3O4/c1-21-15-16-34-26(17-21)32-28(29(34)33-31(5,6)20-30(2,3)4)22-13-14-24(25(18-22)36-7)38-27(35)19-37-23-11-9-8-10-12-23/h8-18,33H,19-20H2,1-7H3. The lowest BCUT2D eigenvalue weighted by Gasteiger charge is -2.34. The first-order valence-corrected chi connectivity index (χ1v) is 12.8. The number of aryl methyl sites for hydroxylation is 1. The van der Waals surface area contributed by atoms with Crippen LogP contribution in [-0.2, 0) is 4.79 Å². The molecule has 2 heterocycles. The molecule has 0 spiro atoms. The van der Waals surface area contributed by atoms with Gasteiger partial charge in [0.05, 0.1) is 7.11 Å². The van der Waals surface area contributed by atoms with Crippen molar-refractivity contribution in [3.8, 4) is 28.5 Å². The molecule has 0 bridgehead atoms. The number of pyridine rings is 1. The van der Waals surface area contributed by atoms with Crippen LogP contribution < -0.4 is 19.5 Å². The highest BCUT2D eigenvalue weighted by atomic mass is 16.6. The topological polar surface area (TPSA) is 74.1 Å². The number of ether oxygens (including phenoxy) is 3. The van der Waals surface area contributed by atoms with E-state index in [9.17, 15) is 4.79 Å². The Labute approximate surface area is 224 Å². The van der Waals surface area contributed by atoms with Gasteiger partial charge in [0, 0.05) is 17.3 Å². The van der Waals surface area contributed by atoms with E-state index in [2.05, 4.69) is 63.4 Å². The molecule has 4 aromatic rings. The van der Waals surface area contributed by atoms with Crippen LogP contribution in [0.3, 0.4) is 0 Å². The number of benzene rings is 2. The van der Waals surface area contributed by atoms with Gasteiger partial charge in [-0.1, -0.05) is 39.0 Å². The summed E-state index contributed by atoms with van der Waals surface area (Å²) in [6, 6.07) is 18.7. The molecule has 38 heavy (non-hydrogen) atoms. The molecule has 0 radical (unpaired) electrons. The molecule has 1 N–H and O–H groups in total. The summed E-state index contributed by atoms with van der Waals surface area (Å²) < 4.78 is 18.7. The second-order valence-corrected chi connectivity index (χ2v) is 11.4. The fraction of sp³-hybridized carbons (Fsp3) is 0.355. The zero-order valence-corrected chi connectivity index (χ0v) is 23.3. The summed E-state index contributed by atoms with van der Waals surface area (Å²) in [5.41, 5.74) is 3.58. The van der Waals surface area contributed by atoms with E-state index in [1.165, 1.54) is 0 Å². The van der Waals surface area contributed by atoms with Crippen LogP contribution in [0.1, 0.15) is 46.6 Å². The number of hydrogen-bond donors (Lipinski definition) is 1. The number of fused-ring (bicyclic) bond motifs is 1. The minimum absolute atomic E-state index is 0.146. The lowest BCUT2D eigenvalue weighted by Crippen LogP contribution is -2.36. The Morgan fingerprint density at radius 2 is 1.71 bits per heavy atom. The Morgan fingerprint density at radius 1 is 0.974 bits per heavy atom. The minimum atomic E-state index is -0.519. The van der Waals surface area contributed by atoms with Crippen molar-refractivity contribution in [3.05, 3.63) is 72.4 Å². The highest BCUT2D eigenvalue weighted by molar-refractivity contribution is 5.80. The molecule has 0 saturated heterocycles. The molecule has 0 aliphatic rings. The van der Waals surface area contributed by atoms with Crippen molar-refractivity contribution in [1.82, 2.24) is 9.38 Å². The molecule has 4 rings (SSSR count). The molecule has 0 aliphatic heterocycles. The SMILES string of the molecule is COc1cc(-c2nc3cc(C)ccn3c2NC(C)(C)CC(C)(C)C)ccc1OC(=O)COc1ccccc1. The van der Waals surface area contributed by atoms with Gasteiger partial charge in [-0.15, -0.1) is 0 Å². The number of aromatic nitrogens is 2. The van der Waals surface area contributed by atoms with Crippen molar-refractivity contribution in [3.63, 3.8) is 0 Å². The zero-order valence-electron chi connectivity index (χ0n) is 23.3. The molecular weight excluding hydrogens is 478 g/mol. The number of anilines is 1. The summed E-state index contributed by atoms with van der Waals surface area (Å²) in [5, 5.41) is 3.76. The van der Waals surface area contributed by atoms with Gasteiger partial charge in [-0.05, 0) is 80.6 Å². The molecule has 2 aromatic carbocycles. The van der Waals surface area contributed by atoms with Crippen molar-refractivity contribution < 1.29 is 19.0 Å². The Balaban J connectivity index is 1.64. The smallest absolute Gasteiger partial charge is 0.349 e. The average molecular weight is 516 g/mol. The molecule has 0 unspecified atom stereocenters. The summed E-state index contributed by atoms with van der Waals surface area (Å²) in [7, 11) is 1.55. The van der Waals surface area contributed by atoms with Gasteiger partial charge in [0.2, 0.25) is 0 Å². The monoisotopic (exact) mass is 515 g/mol. The van der Waals surface area contributed by atoms with Crippen LogP contribution in [-0.4, -0.2) is 34.6 Å². The van der Waals surface area contributed by atoms with E-state index in [0.29, 0.717) is 17.2 Å². The fourth-order valence-electron chi connectivity index (χ4n) is 4.87. The summed E-state index contributed by atoms with van der Waals surface area (Å²) in [6.45, 7) is 13.0. The zero-order chi connectivity index (χ0) is 27.5. The number of nitrogens with zero attached hydrogens (tertiary/aromatic N) is 2. The van der Waals surface area contributed by atoms with Crippen LogP contribution in [0.5, 0.6) is 17.2 Å². The number of rotatable bonds is 9. The number of esters is 1. The maximum absolute atomic E-state index is 12.5. The number of imidazole rings is 1. The first kappa shape index (κ1) is 27.0. The molecular formula is C31H37N3O4. The third-order valence-electron chi connectivity index (χ3n) is 5.97. The van der Waals surface area contributed by atoms with Crippen LogP contribution >= 0.6 is 0 Å². The Morgan fingerprint density at radius 3 is 2.39 bits per heavy atom. The van der Waals surface area contributed by atoms with E-state index in [-0.39, 0.29) is 17.6 Å². The number of nitrogens with one attached hydrogen (secondary N) is 1. The Bertz CT molecular complexity index is 1420. The number of carbonyl (C=O) groups excluding carboxylic acids is 1. The molecule has 0 amide bonds. The van der Waals surface area contributed by atoms with E-state index < -0.39 is 5.97 Å². The van der Waals surface area contributed by atoms with Gasteiger partial charge in [-0.25, -0.2) is 9.78 Å². The number of hydrogen-bond acceptors (Lipinski definition) is 6. The Hall–Kier alpha value is -4.00. The molecule has 7 heteroatoms. The van der Waals surface area contributed by atoms with Crippen molar-refractivity contribution in [1.29, 1.82) is 0 Å². The highest BCUT2D eigenvalue weighted by Crippen LogP contribution is 2.38. The quantitative estimate of drug-likeness (QED) is 0.192. The maximum Gasteiger partial charge on any atom is 0.349 e. The second kappa shape index (κ2) is 10.8. The largest absolute Gasteiger partial charge is 0.493 e. The van der Waals surface area contributed by atoms with E-state index in [1.54, 1.807) is 25.3 Å². The van der Waals surface area contributed by atoms with Crippen molar-refractivity contribution in [2.24, 2.45) is 5.41 Å². The molecule has 200 valence electrons. The third kappa shape index (κ3) is 6.65. The molecule has 0 saturated carbocycles. The van der Waals surface area contributed by atoms with Crippen LogP contribution in [0.4, 0.5) is 5.82 Å². The van der Waals surface area contributed by atoms with Crippen molar-refractivity contribution >= 4 is 17.4 Å². The summed E-state index contributed by atoms with van der Waals surface area (Å²) in [5.74, 6) is 1.73. The summed E-state index contributed by atoms with van der Waals surface area (Å²) in [4.78, 5) is 17.4. The van der Waals surface area contributed by atoms with Crippen LogP contribution in [0.15, 0.2) is 66.9 Å². The van der Waals surface area contributed by atoms with E-state index >= 15 is 0 Å². The van der Waals surface area contributed by atoms with Gasteiger partial charge in [-0.3, -0.25) is 4.40 Å².